The van der Waals surface area contributed by atoms with E-state index in [4.69, 9.17) is 0 Å². The van der Waals surface area contributed by atoms with E-state index in [0.29, 0.717) is 6.54 Å². The summed E-state index contributed by atoms with van der Waals surface area (Å²) in [5.41, 5.74) is 2.13. The zero-order chi connectivity index (χ0) is 12.3. The first-order valence-corrected chi connectivity index (χ1v) is 6.06. The van der Waals surface area contributed by atoms with Gasteiger partial charge in [0.05, 0.1) is 6.54 Å². The highest BCUT2D eigenvalue weighted by Gasteiger charge is 2.01. The van der Waals surface area contributed by atoms with Crippen molar-refractivity contribution in [1.82, 2.24) is 4.57 Å². The van der Waals surface area contributed by atoms with Gasteiger partial charge in [0.2, 0.25) is 0 Å². The van der Waals surface area contributed by atoms with E-state index in [2.05, 4.69) is 22.5 Å². The minimum absolute atomic E-state index is 0.00735. The lowest BCUT2D eigenvalue weighted by Gasteiger charge is -2.08. The van der Waals surface area contributed by atoms with E-state index in [1.54, 1.807) is 29.0 Å². The van der Waals surface area contributed by atoms with E-state index in [1.165, 1.54) is 0 Å². The second-order valence-corrected chi connectivity index (χ2v) is 4.63. The summed E-state index contributed by atoms with van der Waals surface area (Å²) in [6.45, 7) is 4.33. The number of hydrogen-bond donors (Lipinski definition) is 0. The van der Waals surface area contributed by atoms with Crippen molar-refractivity contribution >= 4 is 22.0 Å². The van der Waals surface area contributed by atoms with Gasteiger partial charge in [-0.25, -0.2) is 0 Å². The molecule has 2 rings (SSSR count). The molecule has 0 bridgehead atoms. The molecule has 0 aliphatic heterocycles. The monoisotopic (exact) mass is 289 g/mol. The molecule has 2 aromatic rings. The molecule has 0 saturated heterocycles. The van der Waals surface area contributed by atoms with Crippen molar-refractivity contribution in [3.63, 3.8) is 0 Å². The Bertz CT molecular complexity index is 601. The zero-order valence-electron chi connectivity index (χ0n) is 9.27. The third kappa shape index (κ3) is 2.74. The second kappa shape index (κ2) is 5.15. The summed E-state index contributed by atoms with van der Waals surface area (Å²) in [4.78, 5) is 11.7. The maximum absolute atomic E-state index is 11.7. The number of pyridine rings is 1. The molecule has 17 heavy (non-hydrogen) atoms. The highest BCUT2D eigenvalue weighted by molar-refractivity contribution is 9.10. The molecule has 1 aromatic carbocycles. The van der Waals surface area contributed by atoms with Crippen LogP contribution in [0.15, 0.2) is 58.4 Å². The van der Waals surface area contributed by atoms with E-state index in [1.807, 2.05) is 24.3 Å². The van der Waals surface area contributed by atoms with Crippen LogP contribution in [0.4, 0.5) is 0 Å². The lowest BCUT2D eigenvalue weighted by atomic mass is 10.1. The summed E-state index contributed by atoms with van der Waals surface area (Å²) >= 11 is 3.37. The van der Waals surface area contributed by atoms with Gasteiger partial charge in [0, 0.05) is 16.7 Å². The van der Waals surface area contributed by atoms with Gasteiger partial charge in [-0.2, -0.15) is 0 Å². The fourth-order valence-electron chi connectivity index (χ4n) is 1.69. The van der Waals surface area contributed by atoms with Gasteiger partial charge in [-0.05, 0) is 33.1 Å². The van der Waals surface area contributed by atoms with Gasteiger partial charge >= 0.3 is 0 Å². The van der Waals surface area contributed by atoms with E-state index in [9.17, 15) is 4.79 Å². The maximum atomic E-state index is 11.7. The number of nitrogens with zero attached hydrogens (tertiary/aromatic N) is 1. The molecule has 1 heterocycles. The highest BCUT2D eigenvalue weighted by Crippen LogP contribution is 2.12. The van der Waals surface area contributed by atoms with Crippen LogP contribution in [-0.4, -0.2) is 4.57 Å². The Morgan fingerprint density at radius 3 is 2.76 bits per heavy atom. The largest absolute Gasteiger partial charge is 0.310 e. The molecule has 1 aromatic heterocycles. The highest BCUT2D eigenvalue weighted by atomic mass is 79.9. The van der Waals surface area contributed by atoms with Crippen molar-refractivity contribution < 1.29 is 0 Å². The maximum Gasteiger partial charge on any atom is 0.250 e. The van der Waals surface area contributed by atoms with Gasteiger partial charge in [0.1, 0.15) is 0 Å². The Hall–Kier alpha value is -1.61. The van der Waals surface area contributed by atoms with Crippen LogP contribution in [0.3, 0.4) is 0 Å². The van der Waals surface area contributed by atoms with Crippen LogP contribution >= 0.6 is 15.9 Å². The summed E-state index contributed by atoms with van der Waals surface area (Å²) in [6.07, 6.45) is 3.60. The first kappa shape index (κ1) is 11.9. The summed E-state index contributed by atoms with van der Waals surface area (Å²) in [7, 11) is 0. The smallest absolute Gasteiger partial charge is 0.250 e. The lowest BCUT2D eigenvalue weighted by molar-refractivity contribution is 0.755. The van der Waals surface area contributed by atoms with Crippen molar-refractivity contribution in [1.29, 1.82) is 0 Å². The number of benzene rings is 1. The molecule has 0 radical (unpaired) electrons. The normalized spacial score (nSPS) is 10.2. The third-order valence-electron chi connectivity index (χ3n) is 2.56. The predicted octanol–water partition coefficient (Wildman–Crippen LogP) is 3.30. The number of hydrogen-bond acceptors (Lipinski definition) is 1. The van der Waals surface area contributed by atoms with Crippen LogP contribution in [0.5, 0.6) is 0 Å². The number of aromatic nitrogens is 1. The van der Waals surface area contributed by atoms with E-state index < -0.39 is 0 Å². The van der Waals surface area contributed by atoms with Crippen LogP contribution in [0.1, 0.15) is 11.1 Å². The van der Waals surface area contributed by atoms with Crippen LogP contribution in [0.2, 0.25) is 0 Å². The molecule has 0 aliphatic rings. The number of rotatable bonds is 3. The summed E-state index contributed by atoms with van der Waals surface area (Å²) in [5, 5.41) is 0. The fraction of sp³-hybridized carbons (Fsp3) is 0.0714. The lowest BCUT2D eigenvalue weighted by Crippen LogP contribution is -2.19. The first-order valence-electron chi connectivity index (χ1n) is 5.27. The molecule has 0 unspecified atom stereocenters. The van der Waals surface area contributed by atoms with Gasteiger partial charge in [-0.3, -0.25) is 4.79 Å². The summed E-state index contributed by atoms with van der Waals surface area (Å²) < 4.78 is 2.57. The molecule has 0 saturated carbocycles. The van der Waals surface area contributed by atoms with Crippen LogP contribution in [0, 0.1) is 0 Å². The van der Waals surface area contributed by atoms with Gasteiger partial charge < -0.3 is 4.57 Å². The Balaban J connectivity index is 2.41. The standard InChI is InChI=1S/C14H12BrNO/c1-2-11-5-3-4-6-12(11)9-16-10-13(15)7-8-14(16)17/h2-8,10H,1,9H2. The van der Waals surface area contributed by atoms with E-state index in [0.717, 1.165) is 15.6 Å². The van der Waals surface area contributed by atoms with Crippen molar-refractivity contribution in [2.45, 2.75) is 6.54 Å². The van der Waals surface area contributed by atoms with Gasteiger partial charge in [-0.15, -0.1) is 0 Å². The van der Waals surface area contributed by atoms with Crippen LogP contribution in [-0.2, 0) is 6.54 Å². The Kier molecular flexibility index (Phi) is 3.59. The van der Waals surface area contributed by atoms with Crippen molar-refractivity contribution in [2.24, 2.45) is 0 Å². The Labute approximate surface area is 108 Å². The third-order valence-corrected chi connectivity index (χ3v) is 3.03. The fourth-order valence-corrected chi connectivity index (χ4v) is 2.07. The van der Waals surface area contributed by atoms with E-state index in [-0.39, 0.29) is 5.56 Å². The Morgan fingerprint density at radius 2 is 2.00 bits per heavy atom. The molecule has 0 aliphatic carbocycles. The quantitative estimate of drug-likeness (QED) is 0.850. The molecule has 3 heteroatoms. The molecular formula is C14H12BrNO. The van der Waals surface area contributed by atoms with Gasteiger partial charge in [-0.1, -0.05) is 36.9 Å². The summed E-state index contributed by atoms with van der Waals surface area (Å²) in [6, 6.07) is 11.2. The first-order chi connectivity index (χ1) is 8.20. The molecular weight excluding hydrogens is 278 g/mol. The molecule has 0 N–H and O–H groups in total. The topological polar surface area (TPSA) is 22.0 Å². The predicted molar refractivity (Wildman–Crippen MR) is 74.0 cm³/mol. The van der Waals surface area contributed by atoms with Crippen molar-refractivity contribution in [2.75, 3.05) is 0 Å². The van der Waals surface area contributed by atoms with Gasteiger partial charge in [0.15, 0.2) is 0 Å². The average Bonchev–Trinajstić information content (AvgIpc) is 2.34. The molecule has 0 atom stereocenters. The molecule has 0 spiro atoms. The van der Waals surface area contributed by atoms with Crippen molar-refractivity contribution in [3.8, 4) is 0 Å². The van der Waals surface area contributed by atoms with Crippen LogP contribution in [0.25, 0.3) is 6.08 Å². The minimum Gasteiger partial charge on any atom is -0.310 e. The number of halogens is 1. The minimum atomic E-state index is -0.00735. The van der Waals surface area contributed by atoms with Gasteiger partial charge in [0.25, 0.3) is 5.56 Å². The van der Waals surface area contributed by atoms with Crippen LogP contribution < -0.4 is 5.56 Å². The molecule has 0 amide bonds. The second-order valence-electron chi connectivity index (χ2n) is 3.72. The Morgan fingerprint density at radius 1 is 1.24 bits per heavy atom. The zero-order valence-corrected chi connectivity index (χ0v) is 10.9. The molecule has 0 fully saturated rings. The average molecular weight is 290 g/mol. The van der Waals surface area contributed by atoms with E-state index >= 15 is 0 Å². The van der Waals surface area contributed by atoms with Crippen molar-refractivity contribution in [3.05, 3.63) is 75.1 Å². The molecule has 2 nitrogen and oxygen atoms in total. The molecule has 86 valence electrons. The summed E-state index contributed by atoms with van der Waals surface area (Å²) in [5.74, 6) is 0. The SMILES string of the molecule is C=Cc1ccccc1Cn1cc(Br)ccc1=O.